The summed E-state index contributed by atoms with van der Waals surface area (Å²) in [5, 5.41) is 0.929. The van der Waals surface area contributed by atoms with E-state index in [4.69, 9.17) is 14.2 Å². The number of aryl methyl sites for hydroxylation is 1. The van der Waals surface area contributed by atoms with Crippen molar-refractivity contribution in [2.75, 3.05) is 20.2 Å². The highest BCUT2D eigenvalue weighted by Crippen LogP contribution is 2.50. The predicted molar refractivity (Wildman–Crippen MR) is 135 cm³/mol. The van der Waals surface area contributed by atoms with Gasteiger partial charge in [-0.05, 0) is 68.9 Å². The summed E-state index contributed by atoms with van der Waals surface area (Å²) < 4.78 is 17.4. The van der Waals surface area contributed by atoms with Gasteiger partial charge in [0.25, 0.3) is 0 Å². The van der Waals surface area contributed by atoms with E-state index in [1.54, 1.807) is 24.3 Å². The van der Waals surface area contributed by atoms with Crippen LogP contribution in [-0.2, 0) is 22.5 Å². The van der Waals surface area contributed by atoms with Gasteiger partial charge in [0, 0.05) is 47.6 Å². The Hall–Kier alpha value is -3.32. The Morgan fingerprint density at radius 2 is 1.89 bits per heavy atom. The molecular formula is C29H32N2O5. The highest BCUT2D eigenvalue weighted by Gasteiger charge is 2.52. The van der Waals surface area contributed by atoms with Crippen LogP contribution in [0.4, 0.5) is 0 Å². The van der Waals surface area contributed by atoms with Crippen molar-refractivity contribution in [3.05, 3.63) is 64.3 Å². The smallest absolute Gasteiger partial charge is 0.340 e. The van der Waals surface area contributed by atoms with Crippen molar-refractivity contribution in [2.24, 2.45) is 5.92 Å². The van der Waals surface area contributed by atoms with Gasteiger partial charge < -0.3 is 19.2 Å². The molecule has 0 bridgehead atoms. The number of hydrogen-bond donors (Lipinski definition) is 1. The number of carbonyl (C=O) groups excluding carboxylic acids is 2. The van der Waals surface area contributed by atoms with E-state index in [0.29, 0.717) is 17.0 Å². The molecule has 0 saturated carbocycles. The third-order valence-electron chi connectivity index (χ3n) is 8.27. The maximum atomic E-state index is 13.4. The monoisotopic (exact) mass is 488 g/mol. The third-order valence-corrected chi connectivity index (χ3v) is 8.27. The van der Waals surface area contributed by atoms with Crippen LogP contribution in [0.15, 0.2) is 36.4 Å². The molecule has 2 fully saturated rings. The van der Waals surface area contributed by atoms with Crippen molar-refractivity contribution in [3.63, 3.8) is 0 Å². The topological polar surface area (TPSA) is 80.9 Å². The first-order valence-electron chi connectivity index (χ1n) is 12.9. The van der Waals surface area contributed by atoms with Crippen LogP contribution in [0.5, 0.6) is 5.75 Å². The lowest BCUT2D eigenvalue weighted by Gasteiger charge is -2.56. The van der Waals surface area contributed by atoms with Crippen LogP contribution in [0.25, 0.3) is 10.9 Å². The van der Waals surface area contributed by atoms with Crippen LogP contribution in [0.1, 0.15) is 69.6 Å². The van der Waals surface area contributed by atoms with E-state index in [1.807, 2.05) is 13.0 Å². The fraction of sp³-hybridized carbons (Fsp3) is 0.448. The number of nitrogens with zero attached hydrogens (tertiary/aromatic N) is 1. The summed E-state index contributed by atoms with van der Waals surface area (Å²) in [7, 11) is 1.35. The average Bonchev–Trinajstić information content (AvgIpc) is 3.25. The van der Waals surface area contributed by atoms with Crippen molar-refractivity contribution in [1.29, 1.82) is 0 Å². The molecule has 2 atom stereocenters. The number of carbonyl (C=O) groups is 2. The molecule has 188 valence electrons. The second kappa shape index (κ2) is 8.96. The summed E-state index contributed by atoms with van der Waals surface area (Å²) in [5.41, 5.74) is 4.52. The molecule has 0 amide bonds. The van der Waals surface area contributed by atoms with Gasteiger partial charge in [-0.1, -0.05) is 12.1 Å². The lowest BCUT2D eigenvalue weighted by molar-refractivity contribution is -0.177. The highest BCUT2D eigenvalue weighted by molar-refractivity contribution is 6.07. The number of hydrogen-bond acceptors (Lipinski definition) is 6. The number of ether oxygens (including phenoxy) is 3. The van der Waals surface area contributed by atoms with Crippen LogP contribution in [0.2, 0.25) is 0 Å². The Bertz CT molecular complexity index is 1330. The fourth-order valence-corrected chi connectivity index (χ4v) is 6.54. The number of nitrogens with one attached hydrogen (secondary N) is 1. The molecule has 0 aliphatic carbocycles. The van der Waals surface area contributed by atoms with Gasteiger partial charge in [0.2, 0.25) is 0 Å². The van der Waals surface area contributed by atoms with Crippen LogP contribution in [-0.4, -0.2) is 47.7 Å². The maximum absolute atomic E-state index is 13.4. The zero-order valence-corrected chi connectivity index (χ0v) is 20.9. The lowest BCUT2D eigenvalue weighted by atomic mass is 9.74. The highest BCUT2D eigenvalue weighted by atomic mass is 16.5. The van der Waals surface area contributed by atoms with Gasteiger partial charge in [0.05, 0.1) is 18.2 Å². The molecule has 2 aromatic carbocycles. The van der Waals surface area contributed by atoms with Gasteiger partial charge >= 0.3 is 11.9 Å². The molecule has 1 N–H and O–H groups in total. The van der Waals surface area contributed by atoms with E-state index in [9.17, 15) is 9.59 Å². The third kappa shape index (κ3) is 3.68. The first-order chi connectivity index (χ1) is 17.5. The van der Waals surface area contributed by atoms with Gasteiger partial charge in [-0.25, -0.2) is 9.59 Å². The largest absolute Gasteiger partial charge is 0.472 e. The second-order valence-corrected chi connectivity index (χ2v) is 10.3. The van der Waals surface area contributed by atoms with Crippen molar-refractivity contribution in [1.82, 2.24) is 9.88 Å². The molecule has 3 aromatic rings. The summed E-state index contributed by atoms with van der Waals surface area (Å²) in [6, 6.07) is 11.0. The van der Waals surface area contributed by atoms with Crippen LogP contribution >= 0.6 is 0 Å². The number of esters is 2. The minimum atomic E-state index is -0.393. The molecule has 1 spiro atoms. The number of aromatic nitrogens is 1. The molecule has 3 aliphatic heterocycles. The van der Waals surface area contributed by atoms with Gasteiger partial charge in [0.15, 0.2) is 5.72 Å². The Morgan fingerprint density at radius 3 is 2.69 bits per heavy atom. The SMILES string of the molecule is COC(=O)c1ccc(COC(=O)c2c(C)[nH]c3ccc4c(c23)CC2CCCN3CCCCC23O4)cc1. The Morgan fingerprint density at radius 1 is 1.08 bits per heavy atom. The number of aromatic amines is 1. The van der Waals surface area contributed by atoms with Crippen LogP contribution in [0, 0.1) is 12.8 Å². The Balaban J connectivity index is 1.30. The molecule has 4 heterocycles. The first kappa shape index (κ1) is 23.1. The normalized spacial score (nSPS) is 23.2. The quantitative estimate of drug-likeness (QED) is 0.512. The van der Waals surface area contributed by atoms with Gasteiger partial charge in [-0.3, -0.25) is 4.90 Å². The Labute approximate surface area is 210 Å². The lowest BCUT2D eigenvalue weighted by Crippen LogP contribution is -2.64. The molecule has 7 nitrogen and oxygen atoms in total. The number of benzene rings is 2. The molecule has 0 radical (unpaired) electrons. The summed E-state index contributed by atoms with van der Waals surface area (Å²) in [6.45, 7) is 4.26. The van der Waals surface area contributed by atoms with E-state index in [1.165, 1.54) is 26.4 Å². The molecule has 2 unspecified atom stereocenters. The molecular weight excluding hydrogens is 456 g/mol. The molecule has 1 aromatic heterocycles. The molecule has 2 saturated heterocycles. The summed E-state index contributed by atoms with van der Waals surface area (Å²) in [5.74, 6) is 0.583. The fourth-order valence-electron chi connectivity index (χ4n) is 6.54. The zero-order valence-electron chi connectivity index (χ0n) is 20.9. The summed E-state index contributed by atoms with van der Waals surface area (Å²) in [6.07, 6.45) is 6.77. The van der Waals surface area contributed by atoms with E-state index >= 15 is 0 Å². The zero-order chi connectivity index (χ0) is 24.9. The van der Waals surface area contributed by atoms with Crippen LogP contribution in [0.3, 0.4) is 0 Å². The number of methoxy groups -OCH3 is 1. The van der Waals surface area contributed by atoms with E-state index in [-0.39, 0.29) is 18.3 Å². The van der Waals surface area contributed by atoms with Gasteiger partial charge in [0.1, 0.15) is 12.4 Å². The summed E-state index contributed by atoms with van der Waals surface area (Å²) in [4.78, 5) is 31.0. The van der Waals surface area contributed by atoms with E-state index in [2.05, 4.69) is 16.0 Å². The number of H-pyrrole nitrogens is 1. The maximum Gasteiger partial charge on any atom is 0.340 e. The summed E-state index contributed by atoms with van der Waals surface area (Å²) >= 11 is 0. The Kier molecular flexibility index (Phi) is 5.75. The minimum absolute atomic E-state index is 0.124. The number of rotatable bonds is 4. The van der Waals surface area contributed by atoms with E-state index in [0.717, 1.165) is 65.8 Å². The van der Waals surface area contributed by atoms with Gasteiger partial charge in [-0.15, -0.1) is 0 Å². The van der Waals surface area contributed by atoms with Crippen molar-refractivity contribution in [2.45, 2.75) is 57.8 Å². The number of fused-ring (bicyclic) bond motifs is 3. The van der Waals surface area contributed by atoms with Gasteiger partial charge in [-0.2, -0.15) is 0 Å². The first-order valence-corrected chi connectivity index (χ1v) is 12.9. The number of piperidine rings is 2. The van der Waals surface area contributed by atoms with Crippen molar-refractivity contribution < 1.29 is 23.8 Å². The standard InChI is InChI=1S/C29H32N2O5/c1-18-25(28(33)35-17-19-7-9-20(10-8-19)27(32)34-2)26-22-16-21-6-5-15-31-14-4-3-13-29(21,31)36-24(22)12-11-23(26)30-18/h7-12,21,30H,3-6,13-17H2,1-2H3. The molecule has 36 heavy (non-hydrogen) atoms. The average molecular weight is 489 g/mol. The second-order valence-electron chi connectivity index (χ2n) is 10.3. The van der Waals surface area contributed by atoms with E-state index < -0.39 is 5.97 Å². The van der Waals surface area contributed by atoms with Crippen molar-refractivity contribution >= 4 is 22.8 Å². The van der Waals surface area contributed by atoms with Crippen LogP contribution < -0.4 is 4.74 Å². The molecule has 6 rings (SSSR count). The molecule has 7 heteroatoms. The minimum Gasteiger partial charge on any atom is -0.472 e. The molecule has 3 aliphatic rings. The van der Waals surface area contributed by atoms with Crippen molar-refractivity contribution in [3.8, 4) is 5.75 Å². The predicted octanol–water partition coefficient (Wildman–Crippen LogP) is 5.15.